The number of nitrogens with one attached hydrogen (secondary N) is 1. The Morgan fingerprint density at radius 3 is 2.35 bits per heavy atom. The molecular weight excluding hydrogens is 224 g/mol. The largest absolute Gasteiger partial charge is 0.386 e. The monoisotopic (exact) mass is 235 g/mol. The van der Waals surface area contributed by atoms with Gasteiger partial charge in [0.15, 0.2) is 11.6 Å². The SMILES string of the molecule is CNc1cc(-c2ncc(F)cn2)c(C)cc1F. The molecule has 88 valence electrons. The maximum absolute atomic E-state index is 13.4. The summed E-state index contributed by atoms with van der Waals surface area (Å²) < 4.78 is 26.2. The molecule has 5 heteroatoms. The maximum Gasteiger partial charge on any atom is 0.159 e. The van der Waals surface area contributed by atoms with Crippen LogP contribution in [0.2, 0.25) is 0 Å². The second-order valence-corrected chi connectivity index (χ2v) is 3.62. The molecule has 1 heterocycles. The van der Waals surface area contributed by atoms with Crippen LogP contribution < -0.4 is 5.32 Å². The number of hydrogen-bond acceptors (Lipinski definition) is 3. The standard InChI is InChI=1S/C12H11F2N3/c1-7-3-10(14)11(15-2)4-9(7)12-16-5-8(13)6-17-12/h3-6,15H,1-2H3. The predicted octanol–water partition coefficient (Wildman–Crippen LogP) is 2.77. The predicted molar refractivity (Wildman–Crippen MR) is 61.7 cm³/mol. The normalized spacial score (nSPS) is 10.4. The van der Waals surface area contributed by atoms with Gasteiger partial charge in [0.1, 0.15) is 5.82 Å². The molecule has 0 fully saturated rings. The minimum Gasteiger partial charge on any atom is -0.386 e. The zero-order valence-corrected chi connectivity index (χ0v) is 9.46. The van der Waals surface area contributed by atoms with Crippen LogP contribution >= 0.6 is 0 Å². The van der Waals surface area contributed by atoms with Gasteiger partial charge < -0.3 is 5.32 Å². The van der Waals surface area contributed by atoms with Gasteiger partial charge in [0.2, 0.25) is 0 Å². The minimum atomic E-state index is -0.498. The third-order valence-corrected chi connectivity index (χ3v) is 2.44. The molecule has 3 nitrogen and oxygen atoms in total. The van der Waals surface area contributed by atoms with Crippen molar-refractivity contribution < 1.29 is 8.78 Å². The van der Waals surface area contributed by atoms with E-state index in [0.717, 1.165) is 12.4 Å². The van der Waals surface area contributed by atoms with Gasteiger partial charge in [-0.15, -0.1) is 0 Å². The fourth-order valence-electron chi connectivity index (χ4n) is 1.56. The number of halogens is 2. The van der Waals surface area contributed by atoms with Crippen molar-refractivity contribution in [2.75, 3.05) is 12.4 Å². The Kier molecular flexibility index (Phi) is 2.99. The summed E-state index contributed by atoms with van der Waals surface area (Å²) >= 11 is 0. The van der Waals surface area contributed by atoms with E-state index in [2.05, 4.69) is 15.3 Å². The molecule has 1 aromatic carbocycles. The van der Waals surface area contributed by atoms with Crippen molar-refractivity contribution in [2.45, 2.75) is 6.92 Å². The lowest BCUT2D eigenvalue weighted by Crippen LogP contribution is -1.97. The lowest BCUT2D eigenvalue weighted by Gasteiger charge is -2.08. The first-order chi connectivity index (χ1) is 8.11. The van der Waals surface area contributed by atoms with E-state index in [-0.39, 0.29) is 5.82 Å². The second-order valence-electron chi connectivity index (χ2n) is 3.62. The van der Waals surface area contributed by atoms with Gasteiger partial charge in [-0.05, 0) is 24.6 Å². The van der Waals surface area contributed by atoms with Gasteiger partial charge in [-0.1, -0.05) is 0 Å². The van der Waals surface area contributed by atoms with E-state index in [1.54, 1.807) is 20.0 Å². The van der Waals surface area contributed by atoms with Crippen molar-refractivity contribution in [1.82, 2.24) is 9.97 Å². The first kappa shape index (κ1) is 11.4. The third-order valence-electron chi connectivity index (χ3n) is 2.44. The molecule has 0 saturated heterocycles. The van der Waals surface area contributed by atoms with Gasteiger partial charge in [-0.3, -0.25) is 0 Å². The molecule has 0 saturated carbocycles. The quantitative estimate of drug-likeness (QED) is 0.869. The zero-order valence-electron chi connectivity index (χ0n) is 9.46. The summed E-state index contributed by atoms with van der Waals surface area (Å²) in [5.41, 5.74) is 1.74. The Morgan fingerprint density at radius 1 is 1.12 bits per heavy atom. The Hall–Kier alpha value is -2.04. The van der Waals surface area contributed by atoms with Gasteiger partial charge in [0.05, 0.1) is 18.1 Å². The van der Waals surface area contributed by atoms with Crippen molar-refractivity contribution in [3.05, 3.63) is 41.7 Å². The molecule has 0 aliphatic carbocycles. The maximum atomic E-state index is 13.4. The van der Waals surface area contributed by atoms with E-state index >= 15 is 0 Å². The average molecular weight is 235 g/mol. The van der Waals surface area contributed by atoms with Crippen LogP contribution in [0.3, 0.4) is 0 Å². The minimum absolute atomic E-state index is 0.337. The van der Waals surface area contributed by atoms with Gasteiger partial charge in [0.25, 0.3) is 0 Å². The summed E-state index contributed by atoms with van der Waals surface area (Å²) in [6.45, 7) is 1.75. The van der Waals surface area contributed by atoms with Crippen molar-refractivity contribution in [3.63, 3.8) is 0 Å². The van der Waals surface area contributed by atoms with E-state index in [9.17, 15) is 8.78 Å². The first-order valence-electron chi connectivity index (χ1n) is 5.07. The average Bonchev–Trinajstić information content (AvgIpc) is 2.31. The summed E-state index contributed by atoms with van der Waals surface area (Å²) in [5.74, 6) is -0.460. The molecule has 1 aromatic heterocycles. The van der Waals surface area contributed by atoms with Crippen molar-refractivity contribution >= 4 is 5.69 Å². The smallest absolute Gasteiger partial charge is 0.159 e. The number of anilines is 1. The van der Waals surface area contributed by atoms with Gasteiger partial charge in [-0.2, -0.15) is 0 Å². The number of benzene rings is 1. The topological polar surface area (TPSA) is 37.8 Å². The first-order valence-corrected chi connectivity index (χ1v) is 5.07. The van der Waals surface area contributed by atoms with Crippen LogP contribution in [-0.4, -0.2) is 17.0 Å². The molecule has 0 amide bonds. The highest BCUT2D eigenvalue weighted by molar-refractivity contribution is 5.66. The molecule has 2 aromatic rings. The molecule has 0 unspecified atom stereocenters. The summed E-state index contributed by atoms with van der Waals surface area (Å²) in [7, 11) is 1.63. The molecule has 0 aliphatic rings. The highest BCUT2D eigenvalue weighted by atomic mass is 19.1. The fraction of sp³-hybridized carbons (Fsp3) is 0.167. The molecule has 0 atom stereocenters. The number of aryl methyl sites for hydroxylation is 1. The zero-order chi connectivity index (χ0) is 12.4. The number of aromatic nitrogens is 2. The van der Waals surface area contributed by atoms with Crippen LogP contribution in [0.15, 0.2) is 24.5 Å². The molecule has 2 rings (SSSR count). The van der Waals surface area contributed by atoms with Crippen LogP contribution in [0, 0.1) is 18.6 Å². The highest BCUT2D eigenvalue weighted by Crippen LogP contribution is 2.26. The Morgan fingerprint density at radius 2 is 1.76 bits per heavy atom. The summed E-state index contributed by atoms with van der Waals surface area (Å²) in [6.07, 6.45) is 2.17. The molecule has 0 radical (unpaired) electrons. The Balaban J connectivity index is 2.55. The number of nitrogens with zero attached hydrogens (tertiary/aromatic N) is 2. The molecular formula is C12H11F2N3. The van der Waals surface area contributed by atoms with Gasteiger partial charge in [-0.25, -0.2) is 18.7 Å². The molecule has 0 aliphatic heterocycles. The highest BCUT2D eigenvalue weighted by Gasteiger charge is 2.10. The van der Waals surface area contributed by atoms with Crippen molar-refractivity contribution in [1.29, 1.82) is 0 Å². The fourth-order valence-corrected chi connectivity index (χ4v) is 1.56. The Bertz CT molecular complexity index is 538. The number of rotatable bonds is 2. The second kappa shape index (κ2) is 4.45. The lowest BCUT2D eigenvalue weighted by atomic mass is 10.1. The molecule has 0 spiro atoms. The molecule has 0 bridgehead atoms. The van der Waals surface area contributed by atoms with E-state index in [0.29, 0.717) is 22.6 Å². The summed E-state index contributed by atoms with van der Waals surface area (Å²) in [6, 6.07) is 3.01. The van der Waals surface area contributed by atoms with Crippen LogP contribution in [0.1, 0.15) is 5.56 Å². The number of hydrogen-bond donors (Lipinski definition) is 1. The third kappa shape index (κ3) is 2.22. The van der Waals surface area contributed by atoms with Crippen LogP contribution in [0.4, 0.5) is 14.5 Å². The van der Waals surface area contributed by atoms with Crippen molar-refractivity contribution in [3.8, 4) is 11.4 Å². The van der Waals surface area contributed by atoms with Gasteiger partial charge >= 0.3 is 0 Å². The van der Waals surface area contributed by atoms with E-state index in [1.807, 2.05) is 0 Å². The van der Waals surface area contributed by atoms with Crippen LogP contribution in [0.5, 0.6) is 0 Å². The van der Waals surface area contributed by atoms with Crippen LogP contribution in [-0.2, 0) is 0 Å². The van der Waals surface area contributed by atoms with Gasteiger partial charge in [0, 0.05) is 12.6 Å². The molecule has 1 N–H and O–H groups in total. The van der Waals surface area contributed by atoms with E-state index in [4.69, 9.17) is 0 Å². The summed E-state index contributed by atoms with van der Waals surface area (Å²) in [4.78, 5) is 7.76. The summed E-state index contributed by atoms with van der Waals surface area (Å²) in [5, 5.41) is 2.74. The Labute approximate surface area is 97.5 Å². The lowest BCUT2D eigenvalue weighted by molar-refractivity contribution is 0.614. The molecule has 17 heavy (non-hydrogen) atoms. The van der Waals surface area contributed by atoms with Crippen LogP contribution in [0.25, 0.3) is 11.4 Å². The van der Waals surface area contributed by atoms with E-state index in [1.165, 1.54) is 6.07 Å². The van der Waals surface area contributed by atoms with Crippen molar-refractivity contribution in [2.24, 2.45) is 0 Å². The van der Waals surface area contributed by atoms with E-state index < -0.39 is 5.82 Å².